The van der Waals surface area contributed by atoms with Crippen LogP contribution in [0.3, 0.4) is 0 Å². The van der Waals surface area contributed by atoms with Gasteiger partial charge in [0.15, 0.2) is 5.13 Å². The van der Waals surface area contributed by atoms with E-state index in [0.29, 0.717) is 10.8 Å². The van der Waals surface area contributed by atoms with Crippen molar-refractivity contribution in [3.8, 4) is 0 Å². The van der Waals surface area contributed by atoms with Crippen molar-refractivity contribution in [1.82, 2.24) is 4.98 Å². The van der Waals surface area contributed by atoms with Gasteiger partial charge < -0.3 is 15.1 Å². The Labute approximate surface area is 114 Å². The van der Waals surface area contributed by atoms with Gasteiger partial charge >= 0.3 is 6.09 Å². The summed E-state index contributed by atoms with van der Waals surface area (Å²) in [5.74, 6) is 0.194. The van der Waals surface area contributed by atoms with Crippen molar-refractivity contribution in [2.24, 2.45) is 5.16 Å². The van der Waals surface area contributed by atoms with E-state index in [0.717, 1.165) is 0 Å². The first kappa shape index (κ1) is 14.8. The second-order valence-corrected chi connectivity index (χ2v) is 5.54. The normalized spacial score (nSPS) is 12.3. The van der Waals surface area contributed by atoms with Crippen LogP contribution < -0.4 is 5.32 Å². The molecule has 0 unspecified atom stereocenters. The molecule has 0 aromatic carbocycles. The fraction of sp³-hybridized carbons (Fsp3) is 0.500. The molecule has 0 bridgehead atoms. The molecule has 0 atom stereocenters. The quantitative estimate of drug-likeness (QED) is 0.508. The van der Waals surface area contributed by atoms with Crippen LogP contribution in [0.4, 0.5) is 9.93 Å². The summed E-state index contributed by atoms with van der Waals surface area (Å²) < 4.78 is 5.07. The lowest BCUT2D eigenvalue weighted by Crippen LogP contribution is -2.27. The molecule has 1 aromatic rings. The SMILES string of the molecule is CC(C)(C)OC(=O)Nc1nc(/C(CS)=N/[O-])cs1. The maximum Gasteiger partial charge on any atom is 0.413 e. The third kappa shape index (κ3) is 4.53. The van der Waals surface area contributed by atoms with E-state index >= 15 is 0 Å². The average molecular weight is 288 g/mol. The lowest BCUT2D eigenvalue weighted by Gasteiger charge is -2.18. The number of thiol groups is 1. The predicted octanol–water partition coefficient (Wildman–Crippen LogP) is 2.71. The molecule has 1 heterocycles. The number of aromatic nitrogens is 1. The highest BCUT2D eigenvalue weighted by Gasteiger charge is 2.17. The molecular weight excluding hydrogens is 274 g/mol. The van der Waals surface area contributed by atoms with Crippen LogP contribution in [0.1, 0.15) is 26.5 Å². The second-order valence-electron chi connectivity index (χ2n) is 4.36. The Kier molecular flexibility index (Phi) is 4.97. The summed E-state index contributed by atoms with van der Waals surface area (Å²) in [6.07, 6.45) is -0.588. The van der Waals surface area contributed by atoms with Gasteiger partial charge in [0.05, 0.1) is 11.4 Å². The van der Waals surface area contributed by atoms with Crippen LogP contribution in [0.25, 0.3) is 0 Å². The van der Waals surface area contributed by atoms with E-state index in [2.05, 4.69) is 28.1 Å². The Balaban J connectivity index is 2.67. The van der Waals surface area contributed by atoms with Gasteiger partial charge in [-0.1, -0.05) is 0 Å². The third-order valence-electron chi connectivity index (χ3n) is 1.67. The molecule has 0 aliphatic carbocycles. The summed E-state index contributed by atoms with van der Waals surface area (Å²) >= 11 is 5.15. The van der Waals surface area contributed by atoms with Crippen molar-refractivity contribution >= 4 is 40.9 Å². The maximum atomic E-state index is 11.5. The Morgan fingerprint density at radius 1 is 1.67 bits per heavy atom. The lowest BCUT2D eigenvalue weighted by atomic mass is 10.2. The van der Waals surface area contributed by atoms with E-state index in [-0.39, 0.29) is 11.5 Å². The summed E-state index contributed by atoms with van der Waals surface area (Å²) in [5.41, 5.74) is 0.0690. The number of rotatable bonds is 3. The smallest absolute Gasteiger partial charge is 0.413 e. The van der Waals surface area contributed by atoms with Crippen molar-refractivity contribution in [2.75, 3.05) is 11.1 Å². The van der Waals surface area contributed by atoms with Crippen LogP contribution >= 0.6 is 24.0 Å². The molecule has 18 heavy (non-hydrogen) atoms. The number of nitrogens with one attached hydrogen (secondary N) is 1. The number of nitrogens with zero attached hydrogens (tertiary/aromatic N) is 2. The molecule has 8 heteroatoms. The maximum absolute atomic E-state index is 11.5. The summed E-state index contributed by atoms with van der Waals surface area (Å²) in [7, 11) is 0. The first-order valence-electron chi connectivity index (χ1n) is 5.11. The van der Waals surface area contributed by atoms with Gasteiger partial charge in [0.1, 0.15) is 5.60 Å². The van der Waals surface area contributed by atoms with Crippen LogP contribution in [0.15, 0.2) is 10.5 Å². The number of hydrogen-bond donors (Lipinski definition) is 2. The molecule has 100 valence electrons. The molecule has 0 fully saturated rings. The summed E-state index contributed by atoms with van der Waals surface area (Å²) in [6, 6.07) is 0. The van der Waals surface area contributed by atoms with E-state index in [1.54, 1.807) is 26.2 Å². The number of carbonyl (C=O) groups is 1. The highest BCUT2D eigenvalue weighted by atomic mass is 32.1. The average Bonchev–Trinajstić information content (AvgIpc) is 2.65. The Bertz CT molecular complexity index is 451. The van der Waals surface area contributed by atoms with Crippen molar-refractivity contribution in [3.05, 3.63) is 16.3 Å². The van der Waals surface area contributed by atoms with Gasteiger partial charge in [-0.05, 0) is 20.8 Å². The van der Waals surface area contributed by atoms with Crippen LogP contribution in [0, 0.1) is 5.21 Å². The van der Waals surface area contributed by atoms with Gasteiger partial charge in [0.25, 0.3) is 0 Å². The number of anilines is 1. The van der Waals surface area contributed by atoms with Gasteiger partial charge in [0.2, 0.25) is 0 Å². The van der Waals surface area contributed by atoms with E-state index < -0.39 is 11.7 Å². The number of amides is 1. The molecule has 0 spiro atoms. The monoisotopic (exact) mass is 288 g/mol. The van der Waals surface area contributed by atoms with Crippen LogP contribution in [0.2, 0.25) is 0 Å². The molecular formula is C10H14N3O3S2-. The van der Waals surface area contributed by atoms with Crippen molar-refractivity contribution in [2.45, 2.75) is 26.4 Å². The van der Waals surface area contributed by atoms with Crippen molar-refractivity contribution in [3.63, 3.8) is 0 Å². The van der Waals surface area contributed by atoms with E-state index in [9.17, 15) is 10.0 Å². The minimum absolute atomic E-state index is 0.194. The molecule has 1 aromatic heterocycles. The topological polar surface area (TPSA) is 86.6 Å². The zero-order valence-electron chi connectivity index (χ0n) is 10.3. The number of ether oxygens (including phenoxy) is 1. The van der Waals surface area contributed by atoms with Gasteiger partial charge in [0, 0.05) is 11.1 Å². The molecule has 0 saturated heterocycles. The van der Waals surface area contributed by atoms with Gasteiger partial charge in [-0.3, -0.25) is 5.32 Å². The Morgan fingerprint density at radius 2 is 2.33 bits per heavy atom. The third-order valence-corrected chi connectivity index (χ3v) is 2.72. The van der Waals surface area contributed by atoms with Crippen LogP contribution in [-0.4, -0.2) is 28.1 Å². The highest BCUT2D eigenvalue weighted by molar-refractivity contribution is 7.81. The first-order chi connectivity index (χ1) is 8.35. The van der Waals surface area contributed by atoms with Gasteiger partial charge in [-0.2, -0.15) is 12.6 Å². The van der Waals surface area contributed by atoms with Crippen LogP contribution in [0.5, 0.6) is 0 Å². The van der Waals surface area contributed by atoms with E-state index in [4.69, 9.17) is 4.74 Å². The highest BCUT2D eigenvalue weighted by Crippen LogP contribution is 2.18. The molecule has 0 saturated carbocycles. The molecule has 1 amide bonds. The molecule has 1 N–H and O–H groups in total. The van der Waals surface area contributed by atoms with Crippen molar-refractivity contribution in [1.29, 1.82) is 0 Å². The van der Waals surface area contributed by atoms with Gasteiger partial charge in [-0.15, -0.1) is 11.3 Å². The van der Waals surface area contributed by atoms with Crippen molar-refractivity contribution < 1.29 is 9.53 Å². The molecule has 1 rings (SSSR count). The minimum Gasteiger partial charge on any atom is -0.792 e. The van der Waals surface area contributed by atoms with E-state index in [1.165, 1.54) is 11.3 Å². The minimum atomic E-state index is -0.588. The second kappa shape index (κ2) is 6.05. The fourth-order valence-corrected chi connectivity index (χ4v) is 1.94. The number of thiazole rings is 1. The van der Waals surface area contributed by atoms with E-state index in [1.807, 2.05) is 0 Å². The molecule has 0 aliphatic rings. The molecule has 0 aliphatic heterocycles. The zero-order valence-corrected chi connectivity index (χ0v) is 12.0. The standard InChI is InChI=1S/C10H15N3O3S2/c1-10(2,3)16-9(14)12-8-11-7(5-18-8)6(4-17)13-15/h5,15,17H,4H2,1-3H3,(H,11,12,14)/p-1/b13-6+. The summed E-state index contributed by atoms with van der Waals surface area (Å²) in [4.78, 5) is 15.5. The number of carbonyl (C=O) groups excluding carboxylic acids is 1. The summed E-state index contributed by atoms with van der Waals surface area (Å²) in [6.45, 7) is 5.30. The van der Waals surface area contributed by atoms with Gasteiger partial charge in [-0.25, -0.2) is 9.78 Å². The van der Waals surface area contributed by atoms with Crippen LogP contribution in [-0.2, 0) is 4.74 Å². The predicted molar refractivity (Wildman–Crippen MR) is 75.7 cm³/mol. The number of hydrogen-bond acceptors (Lipinski definition) is 7. The fourth-order valence-electron chi connectivity index (χ4n) is 1.01. The Hall–Kier alpha value is -1.28. The summed E-state index contributed by atoms with van der Waals surface area (Å²) in [5, 5.41) is 17.8. The largest absolute Gasteiger partial charge is 0.792 e. The first-order valence-corrected chi connectivity index (χ1v) is 6.63. The Morgan fingerprint density at radius 3 is 2.83 bits per heavy atom. The molecule has 6 nitrogen and oxygen atoms in total. The lowest BCUT2D eigenvalue weighted by molar-refractivity contribution is 0.0636. The zero-order chi connectivity index (χ0) is 13.8. The molecule has 0 radical (unpaired) electrons.